The maximum Gasteiger partial charge on any atom is 0.387 e. The van der Waals surface area contributed by atoms with Crippen molar-refractivity contribution in [3.63, 3.8) is 0 Å². The van der Waals surface area contributed by atoms with Crippen LogP contribution in [0.2, 0.25) is 0 Å². The van der Waals surface area contributed by atoms with E-state index in [9.17, 15) is 22.0 Å². The Labute approximate surface area is 146 Å². The molecule has 2 aromatic carbocycles. The van der Waals surface area contributed by atoms with Crippen LogP contribution in [0.15, 0.2) is 57.9 Å². The first-order valence-electron chi connectivity index (χ1n) is 7.23. The smallest absolute Gasteiger partial charge is 0.387 e. The van der Waals surface area contributed by atoms with Gasteiger partial charge in [-0.1, -0.05) is 12.1 Å². The highest BCUT2D eigenvalue weighted by atomic mass is 32.2. The number of fused-ring (bicyclic) bond motifs is 1. The normalized spacial score (nSPS) is 11.7. The molecule has 0 atom stereocenters. The molecular formula is C17H12F2O6S. The van der Waals surface area contributed by atoms with Crippen molar-refractivity contribution in [2.24, 2.45) is 0 Å². The number of rotatable bonds is 5. The summed E-state index contributed by atoms with van der Waals surface area (Å²) in [6, 6.07) is 9.56. The predicted molar refractivity (Wildman–Crippen MR) is 90.0 cm³/mol. The lowest BCUT2D eigenvalue weighted by Gasteiger charge is -2.07. The minimum Gasteiger partial charge on any atom is -0.463 e. The van der Waals surface area contributed by atoms with Crippen molar-refractivity contribution >= 4 is 21.1 Å². The van der Waals surface area contributed by atoms with Gasteiger partial charge in [0.05, 0.1) is 17.2 Å². The van der Waals surface area contributed by atoms with Crippen molar-refractivity contribution in [2.45, 2.75) is 6.61 Å². The maximum atomic E-state index is 12.6. The van der Waals surface area contributed by atoms with Crippen LogP contribution in [0, 0.1) is 0 Å². The van der Waals surface area contributed by atoms with Crippen LogP contribution in [0.25, 0.3) is 22.1 Å². The second-order valence-electron chi connectivity index (χ2n) is 5.33. The molecule has 0 spiro atoms. The zero-order chi connectivity index (χ0) is 18.9. The molecule has 0 aliphatic carbocycles. The fraction of sp³-hybridized carbons (Fsp3) is 0.118. The summed E-state index contributed by atoms with van der Waals surface area (Å²) in [5, 5.41) is 0.219. The highest BCUT2D eigenvalue weighted by molar-refractivity contribution is 7.86. The highest BCUT2D eigenvalue weighted by Crippen LogP contribution is 2.25. The average molecular weight is 382 g/mol. The molecule has 0 N–H and O–H groups in total. The minimum atomic E-state index is -3.70. The number of alkyl halides is 2. The molecule has 0 aliphatic heterocycles. The SMILES string of the molecule is CS(=O)(=O)Oc1ccc2c(=O)c(-c3ccc(OC(F)F)cc3)coc2c1. The summed E-state index contributed by atoms with van der Waals surface area (Å²) in [4.78, 5) is 12.6. The summed E-state index contributed by atoms with van der Waals surface area (Å²) in [7, 11) is -3.70. The van der Waals surface area contributed by atoms with Gasteiger partial charge >= 0.3 is 16.7 Å². The van der Waals surface area contributed by atoms with Gasteiger partial charge in [-0.25, -0.2) is 0 Å². The first kappa shape index (κ1) is 17.9. The molecule has 0 fully saturated rings. The quantitative estimate of drug-likeness (QED) is 0.629. The third-order valence-electron chi connectivity index (χ3n) is 3.38. The molecule has 9 heteroatoms. The molecule has 6 nitrogen and oxygen atoms in total. The van der Waals surface area contributed by atoms with Crippen LogP contribution in [-0.2, 0) is 10.1 Å². The molecule has 3 aromatic rings. The summed E-state index contributed by atoms with van der Waals surface area (Å²) in [5.74, 6) is -0.0131. The molecule has 1 heterocycles. The molecule has 0 saturated carbocycles. The van der Waals surface area contributed by atoms with E-state index >= 15 is 0 Å². The van der Waals surface area contributed by atoms with E-state index in [0.29, 0.717) is 5.56 Å². The first-order valence-corrected chi connectivity index (χ1v) is 9.05. The molecule has 0 bridgehead atoms. The molecule has 0 saturated heterocycles. The average Bonchev–Trinajstić information content (AvgIpc) is 2.54. The number of halogens is 2. The zero-order valence-corrected chi connectivity index (χ0v) is 14.1. The Hall–Kier alpha value is -2.94. The lowest BCUT2D eigenvalue weighted by Crippen LogP contribution is -2.07. The summed E-state index contributed by atoms with van der Waals surface area (Å²) < 4.78 is 61.1. The molecular weight excluding hydrogens is 370 g/mol. The number of benzene rings is 2. The van der Waals surface area contributed by atoms with Crippen molar-refractivity contribution < 1.29 is 30.5 Å². The Kier molecular flexibility index (Phi) is 4.64. The van der Waals surface area contributed by atoms with Gasteiger partial charge in [-0.3, -0.25) is 4.79 Å². The van der Waals surface area contributed by atoms with Crippen LogP contribution in [0.3, 0.4) is 0 Å². The van der Waals surface area contributed by atoms with E-state index in [1.165, 1.54) is 48.7 Å². The number of hydrogen-bond donors (Lipinski definition) is 0. The van der Waals surface area contributed by atoms with Gasteiger partial charge in [-0.05, 0) is 29.8 Å². The molecule has 0 unspecified atom stereocenters. The van der Waals surface area contributed by atoms with Gasteiger partial charge in [0, 0.05) is 6.07 Å². The zero-order valence-electron chi connectivity index (χ0n) is 13.3. The van der Waals surface area contributed by atoms with E-state index in [1.807, 2.05) is 0 Å². The van der Waals surface area contributed by atoms with Crippen LogP contribution >= 0.6 is 0 Å². The largest absolute Gasteiger partial charge is 0.463 e. The van der Waals surface area contributed by atoms with Gasteiger partial charge in [0.25, 0.3) is 0 Å². The van der Waals surface area contributed by atoms with E-state index in [1.54, 1.807) is 0 Å². The van der Waals surface area contributed by atoms with Gasteiger partial charge in [-0.15, -0.1) is 0 Å². The topological polar surface area (TPSA) is 82.8 Å². The molecule has 26 heavy (non-hydrogen) atoms. The van der Waals surface area contributed by atoms with Gasteiger partial charge in [0.1, 0.15) is 23.3 Å². The van der Waals surface area contributed by atoms with Gasteiger partial charge < -0.3 is 13.3 Å². The fourth-order valence-electron chi connectivity index (χ4n) is 2.35. The predicted octanol–water partition coefficient (Wildman–Crippen LogP) is 3.40. The third kappa shape index (κ3) is 3.99. The lowest BCUT2D eigenvalue weighted by atomic mass is 10.1. The molecule has 0 radical (unpaired) electrons. The summed E-state index contributed by atoms with van der Waals surface area (Å²) >= 11 is 0. The van der Waals surface area contributed by atoms with Crippen LogP contribution in [-0.4, -0.2) is 21.3 Å². The van der Waals surface area contributed by atoms with Gasteiger partial charge in [0.2, 0.25) is 0 Å². The molecule has 136 valence electrons. The number of ether oxygens (including phenoxy) is 1. The summed E-state index contributed by atoms with van der Waals surface area (Å²) in [5.41, 5.74) is 0.467. The Bertz CT molecular complexity index is 1100. The van der Waals surface area contributed by atoms with Gasteiger partial charge in [0.15, 0.2) is 5.43 Å². The van der Waals surface area contributed by atoms with E-state index in [0.717, 1.165) is 6.26 Å². The van der Waals surface area contributed by atoms with Crippen LogP contribution < -0.4 is 14.3 Å². The Balaban J connectivity index is 1.99. The second-order valence-corrected chi connectivity index (χ2v) is 6.90. The lowest BCUT2D eigenvalue weighted by molar-refractivity contribution is -0.0498. The summed E-state index contributed by atoms with van der Waals surface area (Å²) in [6.07, 6.45) is 2.11. The molecule has 3 rings (SSSR count). The van der Waals surface area contributed by atoms with Crippen LogP contribution in [0.5, 0.6) is 11.5 Å². The minimum absolute atomic E-state index is 0.0180. The Morgan fingerprint density at radius 2 is 1.69 bits per heavy atom. The molecule has 0 amide bonds. The Morgan fingerprint density at radius 3 is 2.31 bits per heavy atom. The third-order valence-corrected chi connectivity index (χ3v) is 3.88. The monoisotopic (exact) mass is 382 g/mol. The van der Waals surface area contributed by atoms with Crippen molar-refractivity contribution in [3.05, 3.63) is 59.0 Å². The van der Waals surface area contributed by atoms with E-state index in [2.05, 4.69) is 4.74 Å². The van der Waals surface area contributed by atoms with E-state index < -0.39 is 16.7 Å². The van der Waals surface area contributed by atoms with E-state index in [4.69, 9.17) is 8.60 Å². The van der Waals surface area contributed by atoms with E-state index in [-0.39, 0.29) is 33.5 Å². The van der Waals surface area contributed by atoms with Crippen molar-refractivity contribution in [1.29, 1.82) is 0 Å². The maximum absolute atomic E-state index is 12.6. The highest BCUT2D eigenvalue weighted by Gasteiger charge is 2.12. The Morgan fingerprint density at radius 1 is 1.04 bits per heavy atom. The number of hydrogen-bond acceptors (Lipinski definition) is 6. The van der Waals surface area contributed by atoms with Crippen LogP contribution in [0.4, 0.5) is 8.78 Å². The second kappa shape index (κ2) is 6.75. The standard InChI is InChI=1S/C17H12F2O6S/c1-26(21,22)25-12-6-7-13-15(8-12)23-9-14(16(13)20)10-2-4-11(5-3-10)24-17(18)19/h2-9,17H,1H3. The fourth-order valence-corrected chi connectivity index (χ4v) is 2.80. The summed E-state index contributed by atoms with van der Waals surface area (Å²) in [6.45, 7) is -2.94. The molecule has 0 aliphatic rings. The van der Waals surface area contributed by atoms with Gasteiger partial charge in [-0.2, -0.15) is 17.2 Å². The first-order chi connectivity index (χ1) is 12.2. The van der Waals surface area contributed by atoms with Crippen molar-refractivity contribution in [2.75, 3.05) is 6.26 Å². The van der Waals surface area contributed by atoms with Crippen LogP contribution in [0.1, 0.15) is 0 Å². The molecule has 1 aromatic heterocycles. The van der Waals surface area contributed by atoms with Crippen molar-refractivity contribution in [1.82, 2.24) is 0 Å². The van der Waals surface area contributed by atoms with Crippen molar-refractivity contribution in [3.8, 4) is 22.6 Å².